The highest BCUT2D eigenvalue weighted by Gasteiger charge is 2.15. The number of Topliss-reactive ketones (excluding diaryl/α,β-unsaturated/α-hetero) is 1. The molecule has 0 aliphatic heterocycles. The Morgan fingerprint density at radius 1 is 1.23 bits per heavy atom. The number of halogens is 1. The van der Waals surface area contributed by atoms with Gasteiger partial charge in [-0.25, -0.2) is 10.1 Å². The van der Waals surface area contributed by atoms with E-state index >= 15 is 0 Å². The van der Waals surface area contributed by atoms with Crippen molar-refractivity contribution in [1.29, 1.82) is 0 Å². The number of carbonyl (C=O) groups is 1. The molecule has 0 unspecified atom stereocenters. The van der Waals surface area contributed by atoms with Crippen LogP contribution < -0.4 is 20.7 Å². The lowest BCUT2D eigenvalue weighted by Gasteiger charge is -2.09. The Morgan fingerprint density at radius 3 is 2.77 bits per heavy atom. The molecule has 3 N–H and O–H groups in total. The number of hydrogen-bond acceptors (Lipinski definition) is 9. The van der Waals surface area contributed by atoms with Crippen LogP contribution in [0.25, 0.3) is 0 Å². The molecule has 0 bridgehead atoms. The quantitative estimate of drug-likeness (QED) is 0.154. The Morgan fingerprint density at radius 2 is 2.03 bits per heavy atom. The van der Waals surface area contributed by atoms with Gasteiger partial charge in [0.1, 0.15) is 0 Å². The predicted molar refractivity (Wildman–Crippen MR) is 120 cm³/mol. The number of hydrogen-bond donors (Lipinski definition) is 2. The van der Waals surface area contributed by atoms with Crippen LogP contribution in [-0.2, 0) is 0 Å². The Labute approximate surface area is 185 Å². The minimum Gasteiger partial charge on any atom is -0.493 e. The number of aromatic nitrogens is 3. The number of methoxy groups -OCH3 is 2. The maximum atomic E-state index is 12.5. The molecule has 3 aromatic rings. The molecule has 0 aliphatic rings. The molecule has 9 nitrogen and oxygen atoms in total. The van der Waals surface area contributed by atoms with E-state index in [0.717, 1.165) is 10.0 Å². The molecule has 0 fully saturated rings. The molecule has 0 radical (unpaired) electrons. The van der Waals surface area contributed by atoms with Crippen molar-refractivity contribution >= 4 is 45.6 Å². The van der Waals surface area contributed by atoms with Gasteiger partial charge in [-0.05, 0) is 35.9 Å². The summed E-state index contributed by atoms with van der Waals surface area (Å²) in [5.41, 5.74) is 4.14. The van der Waals surface area contributed by atoms with Gasteiger partial charge in [0.2, 0.25) is 5.16 Å². The molecular formula is C19H19BrN6O3S. The number of ketones is 1. The number of nitrogen functional groups attached to an aromatic ring is 1. The molecule has 11 heteroatoms. The highest BCUT2D eigenvalue weighted by molar-refractivity contribution is 9.10. The van der Waals surface area contributed by atoms with Gasteiger partial charge >= 0.3 is 0 Å². The molecule has 0 atom stereocenters. The topological polar surface area (TPSA) is 117 Å². The van der Waals surface area contributed by atoms with Crippen molar-refractivity contribution < 1.29 is 14.3 Å². The number of nitrogens with zero attached hydrogens (tertiary/aromatic N) is 4. The molecule has 2 aromatic carbocycles. The summed E-state index contributed by atoms with van der Waals surface area (Å²) < 4.78 is 12.6. The van der Waals surface area contributed by atoms with E-state index in [2.05, 4.69) is 36.7 Å². The lowest BCUT2D eigenvalue weighted by atomic mass is 10.1. The predicted octanol–water partition coefficient (Wildman–Crippen LogP) is 3.19. The third kappa shape index (κ3) is 5.30. The first-order valence-electron chi connectivity index (χ1n) is 8.65. The van der Waals surface area contributed by atoms with Gasteiger partial charge in [0.25, 0.3) is 5.95 Å². The van der Waals surface area contributed by atoms with Crippen molar-refractivity contribution in [2.75, 3.05) is 31.2 Å². The number of rotatable bonds is 9. The average molecular weight is 491 g/mol. The normalized spacial score (nSPS) is 10.9. The summed E-state index contributed by atoms with van der Waals surface area (Å²) in [6.45, 7) is 0. The van der Waals surface area contributed by atoms with Crippen LogP contribution in [0.5, 0.6) is 11.5 Å². The maximum Gasteiger partial charge on any atom is 0.264 e. The lowest BCUT2D eigenvalue weighted by molar-refractivity contribution is 0.102. The molecule has 1 heterocycles. The first-order chi connectivity index (χ1) is 14.5. The molecule has 0 spiro atoms. The number of anilines is 1. The Balaban J connectivity index is 1.60. The van der Waals surface area contributed by atoms with E-state index < -0.39 is 0 Å². The lowest BCUT2D eigenvalue weighted by Crippen LogP contribution is -2.14. The van der Waals surface area contributed by atoms with E-state index in [1.54, 1.807) is 24.4 Å². The number of hydrazone groups is 1. The second-order valence-electron chi connectivity index (χ2n) is 5.88. The van der Waals surface area contributed by atoms with Crippen molar-refractivity contribution in [3.8, 4) is 11.5 Å². The van der Waals surface area contributed by atoms with Gasteiger partial charge in [-0.1, -0.05) is 39.8 Å². The number of benzene rings is 2. The van der Waals surface area contributed by atoms with Crippen LogP contribution in [0.15, 0.2) is 57.2 Å². The summed E-state index contributed by atoms with van der Waals surface area (Å²) in [5.74, 6) is 7.32. The summed E-state index contributed by atoms with van der Waals surface area (Å²) in [7, 11) is 3.06. The van der Waals surface area contributed by atoms with E-state index in [0.29, 0.717) is 22.2 Å². The van der Waals surface area contributed by atoms with E-state index in [9.17, 15) is 4.79 Å². The molecule has 0 amide bonds. The number of carbonyl (C=O) groups excluding carboxylic acids is 1. The van der Waals surface area contributed by atoms with Crippen molar-refractivity contribution in [2.24, 2.45) is 5.10 Å². The Hall–Kier alpha value is -3.05. The van der Waals surface area contributed by atoms with Crippen LogP contribution in [0.2, 0.25) is 0 Å². The van der Waals surface area contributed by atoms with Crippen LogP contribution in [0.1, 0.15) is 15.9 Å². The van der Waals surface area contributed by atoms with Crippen LogP contribution in [0, 0.1) is 0 Å². The van der Waals surface area contributed by atoms with Gasteiger partial charge in [0.15, 0.2) is 17.3 Å². The van der Waals surface area contributed by atoms with E-state index in [1.165, 1.54) is 30.7 Å². The highest BCUT2D eigenvalue weighted by atomic mass is 79.9. The first-order valence-corrected chi connectivity index (χ1v) is 10.4. The zero-order valence-electron chi connectivity index (χ0n) is 16.2. The SMILES string of the molecule is COc1ccc(C(=O)CSc2nnc(N/N=C/c3cccc(Br)c3)n2N)cc1OC. The van der Waals surface area contributed by atoms with Crippen LogP contribution in [0.4, 0.5) is 5.95 Å². The summed E-state index contributed by atoms with van der Waals surface area (Å²) >= 11 is 4.57. The van der Waals surface area contributed by atoms with Crippen molar-refractivity contribution in [2.45, 2.75) is 5.16 Å². The minimum atomic E-state index is -0.105. The summed E-state index contributed by atoms with van der Waals surface area (Å²) in [4.78, 5) is 12.5. The van der Waals surface area contributed by atoms with Crippen LogP contribution >= 0.6 is 27.7 Å². The van der Waals surface area contributed by atoms with E-state index in [-0.39, 0.29) is 17.5 Å². The van der Waals surface area contributed by atoms with Crippen LogP contribution in [0.3, 0.4) is 0 Å². The fourth-order valence-corrected chi connectivity index (χ4v) is 3.59. The van der Waals surface area contributed by atoms with Gasteiger partial charge < -0.3 is 15.3 Å². The van der Waals surface area contributed by atoms with Gasteiger partial charge in [-0.15, -0.1) is 10.2 Å². The summed E-state index contributed by atoms with van der Waals surface area (Å²) in [5, 5.41) is 12.4. The van der Waals surface area contributed by atoms with E-state index in [4.69, 9.17) is 15.3 Å². The van der Waals surface area contributed by atoms with E-state index in [1.807, 2.05) is 24.3 Å². The average Bonchev–Trinajstić information content (AvgIpc) is 3.11. The maximum absolute atomic E-state index is 12.5. The fourth-order valence-electron chi connectivity index (χ4n) is 2.43. The number of nitrogens with one attached hydrogen (secondary N) is 1. The highest BCUT2D eigenvalue weighted by Crippen LogP contribution is 2.28. The van der Waals surface area contributed by atoms with Crippen molar-refractivity contribution in [1.82, 2.24) is 14.9 Å². The summed E-state index contributed by atoms with van der Waals surface area (Å²) in [6, 6.07) is 12.7. The Kier molecular flexibility index (Phi) is 7.31. The third-order valence-corrected chi connectivity index (χ3v) is 5.37. The molecule has 1 aromatic heterocycles. The number of nitrogens with two attached hydrogens (primary N) is 1. The zero-order chi connectivity index (χ0) is 21.5. The molecule has 156 valence electrons. The van der Waals surface area contributed by atoms with Crippen molar-refractivity contribution in [3.05, 3.63) is 58.1 Å². The monoisotopic (exact) mass is 490 g/mol. The molecule has 3 rings (SSSR count). The Bertz CT molecular complexity index is 1070. The largest absolute Gasteiger partial charge is 0.493 e. The van der Waals surface area contributed by atoms with Gasteiger partial charge in [0.05, 0.1) is 26.2 Å². The number of thioether (sulfide) groups is 1. The molecule has 0 saturated heterocycles. The second-order valence-corrected chi connectivity index (χ2v) is 7.74. The fraction of sp³-hybridized carbons (Fsp3) is 0.158. The molecule has 0 saturated carbocycles. The zero-order valence-corrected chi connectivity index (χ0v) is 18.6. The van der Waals surface area contributed by atoms with Gasteiger partial charge in [0, 0.05) is 10.0 Å². The third-order valence-electron chi connectivity index (χ3n) is 3.93. The standard InChI is InChI=1S/C19H19BrN6O3S/c1-28-16-7-6-13(9-17(16)29-2)15(27)11-30-19-25-24-18(26(19)21)23-22-10-12-4-3-5-14(20)8-12/h3-10H,11,21H2,1-2H3,(H,23,24)/b22-10+. The minimum absolute atomic E-state index is 0.105. The molecule has 0 aliphatic carbocycles. The second kappa shape index (κ2) is 10.1. The number of ether oxygens (including phenoxy) is 2. The van der Waals surface area contributed by atoms with Crippen LogP contribution in [-0.4, -0.2) is 46.8 Å². The molecular weight excluding hydrogens is 472 g/mol. The van der Waals surface area contributed by atoms with Crippen molar-refractivity contribution in [3.63, 3.8) is 0 Å². The van der Waals surface area contributed by atoms with Gasteiger partial charge in [-0.2, -0.15) is 5.10 Å². The first kappa shape index (κ1) is 21.7. The summed E-state index contributed by atoms with van der Waals surface area (Å²) in [6.07, 6.45) is 1.63. The smallest absolute Gasteiger partial charge is 0.264 e. The van der Waals surface area contributed by atoms with Gasteiger partial charge in [-0.3, -0.25) is 4.79 Å². The molecule has 30 heavy (non-hydrogen) atoms.